The van der Waals surface area contributed by atoms with E-state index in [2.05, 4.69) is 5.32 Å². The van der Waals surface area contributed by atoms with Gasteiger partial charge < -0.3 is 10.1 Å². The average Bonchev–Trinajstić information content (AvgIpc) is 2.61. The molecule has 0 saturated heterocycles. The van der Waals surface area contributed by atoms with Crippen molar-refractivity contribution in [1.82, 2.24) is 5.32 Å². The molecule has 1 amide bonds. The van der Waals surface area contributed by atoms with Crippen LogP contribution in [0.4, 0.5) is 5.69 Å². The number of benzene rings is 2. The van der Waals surface area contributed by atoms with Gasteiger partial charge in [-0.25, -0.2) is 8.42 Å². The molecule has 1 N–H and O–H groups in total. The van der Waals surface area contributed by atoms with Gasteiger partial charge in [0.25, 0.3) is 0 Å². The van der Waals surface area contributed by atoms with Gasteiger partial charge in [-0.05, 0) is 55.8 Å². The van der Waals surface area contributed by atoms with Crippen molar-refractivity contribution in [2.45, 2.75) is 26.4 Å². The Morgan fingerprint density at radius 1 is 1.18 bits per heavy atom. The van der Waals surface area contributed by atoms with Gasteiger partial charge in [-0.1, -0.05) is 29.3 Å². The molecular formula is C19H22Cl2N2O4S. The number of hydrogen-bond acceptors (Lipinski definition) is 4. The highest BCUT2D eigenvalue weighted by molar-refractivity contribution is 7.92. The van der Waals surface area contributed by atoms with Crippen LogP contribution < -0.4 is 14.4 Å². The summed E-state index contributed by atoms with van der Waals surface area (Å²) in [5.41, 5.74) is 1.05. The second-order valence-electron chi connectivity index (χ2n) is 6.12. The molecule has 0 bridgehead atoms. The average molecular weight is 445 g/mol. The van der Waals surface area contributed by atoms with E-state index >= 15 is 0 Å². The van der Waals surface area contributed by atoms with Crippen molar-refractivity contribution in [3.8, 4) is 5.75 Å². The maximum absolute atomic E-state index is 12.6. The monoisotopic (exact) mass is 444 g/mol. The molecule has 0 spiro atoms. The third-order valence-corrected chi connectivity index (χ3v) is 5.79. The van der Waals surface area contributed by atoms with Crippen LogP contribution in [-0.2, 0) is 21.4 Å². The van der Waals surface area contributed by atoms with E-state index in [0.29, 0.717) is 33.7 Å². The standard InChI is InChI=1S/C19H22Cl2N2O4S/c1-4-27-17-9-7-16(8-10-17)23(28(3,25)26)13(2)19(24)22-12-14-5-6-15(20)11-18(14)21/h5-11,13H,4,12H2,1-3H3,(H,22,24)/t13-/m1/s1. The zero-order valence-electron chi connectivity index (χ0n) is 15.8. The quantitative estimate of drug-likeness (QED) is 0.670. The van der Waals surface area contributed by atoms with E-state index in [1.54, 1.807) is 42.5 Å². The Bertz CT molecular complexity index is 933. The van der Waals surface area contributed by atoms with Crippen molar-refractivity contribution < 1.29 is 17.9 Å². The van der Waals surface area contributed by atoms with Gasteiger partial charge in [0.2, 0.25) is 15.9 Å². The molecule has 28 heavy (non-hydrogen) atoms. The molecule has 9 heteroatoms. The van der Waals surface area contributed by atoms with Crippen molar-refractivity contribution in [2.24, 2.45) is 0 Å². The summed E-state index contributed by atoms with van der Waals surface area (Å²) in [7, 11) is -3.70. The Morgan fingerprint density at radius 2 is 1.82 bits per heavy atom. The number of rotatable bonds is 8. The van der Waals surface area contributed by atoms with Crippen LogP contribution in [0.25, 0.3) is 0 Å². The summed E-state index contributed by atoms with van der Waals surface area (Å²) in [6, 6.07) is 10.5. The highest BCUT2D eigenvalue weighted by Gasteiger charge is 2.29. The fourth-order valence-electron chi connectivity index (χ4n) is 2.66. The van der Waals surface area contributed by atoms with Gasteiger partial charge in [0, 0.05) is 16.6 Å². The van der Waals surface area contributed by atoms with Crippen molar-refractivity contribution in [2.75, 3.05) is 17.2 Å². The molecule has 6 nitrogen and oxygen atoms in total. The minimum atomic E-state index is -3.70. The fourth-order valence-corrected chi connectivity index (χ4v) is 4.31. The smallest absolute Gasteiger partial charge is 0.243 e. The number of anilines is 1. The number of halogens is 2. The van der Waals surface area contributed by atoms with Gasteiger partial charge in [-0.2, -0.15) is 0 Å². The van der Waals surface area contributed by atoms with Crippen LogP contribution >= 0.6 is 23.2 Å². The highest BCUT2D eigenvalue weighted by atomic mass is 35.5. The third-order valence-electron chi connectivity index (χ3n) is 3.96. The van der Waals surface area contributed by atoms with E-state index in [-0.39, 0.29) is 6.54 Å². The summed E-state index contributed by atoms with van der Waals surface area (Å²) in [6.45, 7) is 4.04. The maximum atomic E-state index is 12.6. The Labute approximate surface area is 175 Å². The van der Waals surface area contributed by atoms with E-state index in [0.717, 1.165) is 10.6 Å². The molecule has 0 heterocycles. The first-order valence-electron chi connectivity index (χ1n) is 8.57. The lowest BCUT2D eigenvalue weighted by Crippen LogP contribution is -2.47. The predicted octanol–water partition coefficient (Wildman–Crippen LogP) is 3.86. The second-order valence-corrected chi connectivity index (χ2v) is 8.82. The number of carbonyl (C=O) groups excluding carboxylic acids is 1. The summed E-state index contributed by atoms with van der Waals surface area (Å²) in [5, 5.41) is 3.63. The minimum Gasteiger partial charge on any atom is -0.494 e. The van der Waals surface area contributed by atoms with Crippen LogP contribution in [0.15, 0.2) is 42.5 Å². The summed E-state index contributed by atoms with van der Waals surface area (Å²) < 4.78 is 31.1. The Morgan fingerprint density at radius 3 is 2.36 bits per heavy atom. The molecule has 2 rings (SSSR count). The molecule has 0 unspecified atom stereocenters. The van der Waals surface area contributed by atoms with Crippen molar-refractivity contribution in [3.63, 3.8) is 0 Å². The number of nitrogens with zero attached hydrogens (tertiary/aromatic N) is 1. The largest absolute Gasteiger partial charge is 0.494 e. The first-order valence-corrected chi connectivity index (χ1v) is 11.2. The molecule has 0 aliphatic carbocycles. The molecule has 0 fully saturated rings. The first kappa shape index (κ1) is 22.3. The van der Waals surface area contributed by atoms with Crippen LogP contribution in [0, 0.1) is 0 Å². The summed E-state index contributed by atoms with van der Waals surface area (Å²) in [4.78, 5) is 12.6. The van der Waals surface area contributed by atoms with Gasteiger partial charge in [0.05, 0.1) is 18.6 Å². The number of amides is 1. The van der Waals surface area contributed by atoms with Gasteiger partial charge >= 0.3 is 0 Å². The topological polar surface area (TPSA) is 75.7 Å². The fraction of sp³-hybridized carbons (Fsp3) is 0.316. The lowest BCUT2D eigenvalue weighted by atomic mass is 10.2. The molecule has 0 aliphatic heterocycles. The zero-order chi connectivity index (χ0) is 20.9. The number of ether oxygens (including phenoxy) is 1. The Balaban J connectivity index is 2.17. The van der Waals surface area contributed by atoms with Gasteiger partial charge in [0.15, 0.2) is 0 Å². The Hall–Kier alpha value is -1.96. The van der Waals surface area contributed by atoms with Gasteiger partial charge in [0.1, 0.15) is 11.8 Å². The lowest BCUT2D eigenvalue weighted by Gasteiger charge is -2.28. The van der Waals surface area contributed by atoms with Crippen LogP contribution in [0.5, 0.6) is 5.75 Å². The molecule has 0 radical (unpaired) electrons. The normalized spacial score (nSPS) is 12.3. The second kappa shape index (κ2) is 9.49. The molecular weight excluding hydrogens is 423 g/mol. The van der Waals surface area contributed by atoms with Gasteiger partial charge in [-0.15, -0.1) is 0 Å². The molecule has 0 aliphatic rings. The van der Waals surface area contributed by atoms with Crippen LogP contribution in [-0.4, -0.2) is 33.2 Å². The summed E-state index contributed by atoms with van der Waals surface area (Å²) in [5.74, 6) is 0.166. The first-order chi connectivity index (χ1) is 13.1. The zero-order valence-corrected chi connectivity index (χ0v) is 18.1. The van der Waals surface area contributed by atoms with E-state index in [9.17, 15) is 13.2 Å². The van der Waals surface area contributed by atoms with Crippen LogP contribution in [0.1, 0.15) is 19.4 Å². The number of sulfonamides is 1. The number of carbonyl (C=O) groups is 1. The molecule has 1 atom stereocenters. The number of nitrogens with one attached hydrogen (secondary N) is 1. The van der Waals surface area contributed by atoms with E-state index in [1.807, 2.05) is 6.92 Å². The summed E-state index contributed by atoms with van der Waals surface area (Å²) in [6.07, 6.45) is 1.06. The Kier molecular flexibility index (Phi) is 7.57. The lowest BCUT2D eigenvalue weighted by molar-refractivity contribution is -0.122. The molecule has 2 aromatic carbocycles. The molecule has 0 aromatic heterocycles. The van der Waals surface area contributed by atoms with Crippen molar-refractivity contribution >= 4 is 44.8 Å². The van der Waals surface area contributed by atoms with E-state index in [1.165, 1.54) is 6.92 Å². The summed E-state index contributed by atoms with van der Waals surface area (Å²) >= 11 is 12.0. The van der Waals surface area contributed by atoms with Crippen LogP contribution in [0.3, 0.4) is 0 Å². The maximum Gasteiger partial charge on any atom is 0.243 e. The predicted molar refractivity (Wildman–Crippen MR) is 113 cm³/mol. The third kappa shape index (κ3) is 5.77. The molecule has 152 valence electrons. The van der Waals surface area contributed by atoms with E-state index < -0.39 is 22.0 Å². The number of hydrogen-bond donors (Lipinski definition) is 1. The highest BCUT2D eigenvalue weighted by Crippen LogP contribution is 2.24. The van der Waals surface area contributed by atoms with Gasteiger partial charge in [-0.3, -0.25) is 9.10 Å². The SMILES string of the molecule is CCOc1ccc(N([C@H](C)C(=O)NCc2ccc(Cl)cc2Cl)S(C)(=O)=O)cc1. The van der Waals surface area contributed by atoms with Crippen molar-refractivity contribution in [1.29, 1.82) is 0 Å². The minimum absolute atomic E-state index is 0.153. The van der Waals surface area contributed by atoms with Crippen LogP contribution in [0.2, 0.25) is 10.0 Å². The van der Waals surface area contributed by atoms with Crippen molar-refractivity contribution in [3.05, 3.63) is 58.1 Å². The molecule has 2 aromatic rings. The van der Waals surface area contributed by atoms with E-state index in [4.69, 9.17) is 27.9 Å². The molecule has 0 saturated carbocycles.